The number of anilines is 1. The highest BCUT2D eigenvalue weighted by molar-refractivity contribution is 6.07. The van der Waals surface area contributed by atoms with Gasteiger partial charge in [-0.05, 0) is 45.4 Å². The molecule has 1 aromatic heterocycles. The summed E-state index contributed by atoms with van der Waals surface area (Å²) in [6.07, 6.45) is 2.27. The van der Waals surface area contributed by atoms with Crippen LogP contribution in [0, 0.1) is 6.92 Å². The Labute approximate surface area is 141 Å². The average Bonchev–Trinajstić information content (AvgIpc) is 3.06. The third kappa shape index (κ3) is 3.14. The van der Waals surface area contributed by atoms with Gasteiger partial charge in [0, 0.05) is 6.04 Å². The number of nitrogen functional groups attached to an aromatic ring is 1. The molecule has 1 aliphatic rings. The zero-order valence-electron chi connectivity index (χ0n) is 14.1. The summed E-state index contributed by atoms with van der Waals surface area (Å²) in [6.45, 7) is 5.42. The summed E-state index contributed by atoms with van der Waals surface area (Å²) in [4.78, 5) is 16.7. The summed E-state index contributed by atoms with van der Waals surface area (Å²) in [5.41, 5.74) is 8.27. The van der Waals surface area contributed by atoms with Crippen molar-refractivity contribution in [2.24, 2.45) is 0 Å². The number of hydrogen-bond donors (Lipinski definition) is 2. The minimum absolute atomic E-state index is 0.293. The number of ether oxygens (including phenoxy) is 2. The molecular weight excluding hydrogens is 306 g/mol. The van der Waals surface area contributed by atoms with Gasteiger partial charge in [-0.15, -0.1) is 0 Å². The van der Waals surface area contributed by atoms with Crippen molar-refractivity contribution in [3.8, 4) is 5.75 Å². The number of aromatic nitrogens is 1. The number of nitrogens with one attached hydrogen (secondary N) is 1. The molecule has 128 valence electrons. The standard InChI is InChI=1S/C18H23N3O3/c1-3-23-18(22)15-11(2)21-13-7-4-8-14(16(13)17(15)19)24-10-12-6-5-9-20-12/h4,7-8,12,20H,3,5-6,9-10H2,1-2H3,(H2,19,21)/t12-/m1/s1. The smallest absolute Gasteiger partial charge is 0.342 e. The summed E-state index contributed by atoms with van der Waals surface area (Å²) < 4.78 is 11.1. The number of carbonyl (C=O) groups is 1. The molecule has 24 heavy (non-hydrogen) atoms. The van der Waals surface area contributed by atoms with Gasteiger partial charge in [0.2, 0.25) is 0 Å². The number of fused-ring (bicyclic) bond motifs is 1. The topological polar surface area (TPSA) is 86.5 Å². The van der Waals surface area contributed by atoms with Crippen molar-refractivity contribution in [1.82, 2.24) is 10.3 Å². The van der Waals surface area contributed by atoms with Crippen LogP contribution >= 0.6 is 0 Å². The van der Waals surface area contributed by atoms with Gasteiger partial charge in [-0.25, -0.2) is 4.79 Å². The minimum atomic E-state index is -0.450. The SMILES string of the molecule is CCOC(=O)c1c(C)nc2cccc(OC[C@H]3CCCN3)c2c1N. The summed E-state index contributed by atoms with van der Waals surface area (Å²) in [7, 11) is 0. The van der Waals surface area contributed by atoms with Crippen LogP contribution in [0.4, 0.5) is 5.69 Å². The highest BCUT2D eigenvalue weighted by Gasteiger charge is 2.21. The Morgan fingerprint density at radius 3 is 3.00 bits per heavy atom. The number of nitrogens with two attached hydrogens (primary N) is 1. The number of hydrogen-bond acceptors (Lipinski definition) is 6. The van der Waals surface area contributed by atoms with Gasteiger partial charge < -0.3 is 20.5 Å². The molecule has 0 spiro atoms. The molecule has 1 aliphatic heterocycles. The number of benzene rings is 1. The zero-order valence-corrected chi connectivity index (χ0v) is 14.1. The van der Waals surface area contributed by atoms with Gasteiger partial charge in [0.25, 0.3) is 0 Å². The fraction of sp³-hybridized carbons (Fsp3) is 0.444. The van der Waals surface area contributed by atoms with Gasteiger partial charge in [0.05, 0.1) is 28.9 Å². The Morgan fingerprint density at radius 1 is 1.46 bits per heavy atom. The van der Waals surface area contributed by atoms with Crippen molar-refractivity contribution in [3.63, 3.8) is 0 Å². The molecule has 0 bridgehead atoms. The predicted octanol–water partition coefficient (Wildman–Crippen LogP) is 2.43. The molecule has 6 nitrogen and oxygen atoms in total. The number of rotatable bonds is 5. The maximum Gasteiger partial charge on any atom is 0.342 e. The lowest BCUT2D eigenvalue weighted by Crippen LogP contribution is -2.28. The molecule has 0 saturated carbocycles. The summed E-state index contributed by atoms with van der Waals surface area (Å²) >= 11 is 0. The normalized spacial score (nSPS) is 17.2. The highest BCUT2D eigenvalue weighted by atomic mass is 16.5. The number of esters is 1. The highest BCUT2D eigenvalue weighted by Crippen LogP contribution is 2.34. The molecular formula is C18H23N3O3. The Hall–Kier alpha value is -2.34. The van der Waals surface area contributed by atoms with Crippen LogP contribution in [0.1, 0.15) is 35.8 Å². The first-order valence-corrected chi connectivity index (χ1v) is 8.34. The lowest BCUT2D eigenvalue weighted by Gasteiger charge is -2.16. The van der Waals surface area contributed by atoms with Crippen LogP contribution in [0.2, 0.25) is 0 Å². The second-order valence-corrected chi connectivity index (χ2v) is 5.96. The number of aryl methyl sites for hydroxylation is 1. The predicted molar refractivity (Wildman–Crippen MR) is 93.4 cm³/mol. The van der Waals surface area contributed by atoms with Crippen molar-refractivity contribution in [3.05, 3.63) is 29.5 Å². The lowest BCUT2D eigenvalue weighted by atomic mass is 10.1. The van der Waals surface area contributed by atoms with E-state index in [1.807, 2.05) is 18.2 Å². The molecule has 0 aliphatic carbocycles. The quantitative estimate of drug-likeness (QED) is 0.819. The van der Waals surface area contributed by atoms with Gasteiger partial charge in [0.1, 0.15) is 17.9 Å². The fourth-order valence-electron chi connectivity index (χ4n) is 3.11. The molecule has 2 heterocycles. The van der Waals surface area contributed by atoms with Gasteiger partial charge in [-0.3, -0.25) is 4.98 Å². The molecule has 1 fully saturated rings. The lowest BCUT2D eigenvalue weighted by molar-refractivity contribution is 0.0526. The van der Waals surface area contributed by atoms with Crippen LogP contribution < -0.4 is 15.8 Å². The molecule has 3 N–H and O–H groups in total. The molecule has 2 aromatic rings. The maximum absolute atomic E-state index is 12.2. The van der Waals surface area contributed by atoms with E-state index in [0.717, 1.165) is 18.5 Å². The summed E-state index contributed by atoms with van der Waals surface area (Å²) in [5, 5.41) is 4.07. The Morgan fingerprint density at radius 2 is 2.29 bits per heavy atom. The second-order valence-electron chi connectivity index (χ2n) is 5.96. The number of carbonyl (C=O) groups excluding carboxylic acids is 1. The Kier molecular flexibility index (Phi) is 4.85. The van der Waals surface area contributed by atoms with Crippen molar-refractivity contribution >= 4 is 22.6 Å². The Bertz CT molecular complexity index is 755. The third-order valence-electron chi connectivity index (χ3n) is 4.27. The molecule has 0 radical (unpaired) electrons. The van der Waals surface area contributed by atoms with E-state index in [1.54, 1.807) is 13.8 Å². The number of pyridine rings is 1. The van der Waals surface area contributed by atoms with E-state index >= 15 is 0 Å². The van der Waals surface area contributed by atoms with E-state index in [4.69, 9.17) is 15.2 Å². The first-order valence-electron chi connectivity index (χ1n) is 8.34. The van der Waals surface area contributed by atoms with Crippen molar-refractivity contribution < 1.29 is 14.3 Å². The van der Waals surface area contributed by atoms with Crippen LogP contribution in [0.15, 0.2) is 18.2 Å². The first-order chi connectivity index (χ1) is 11.6. The van der Waals surface area contributed by atoms with Crippen LogP contribution in [-0.2, 0) is 4.74 Å². The van der Waals surface area contributed by atoms with Crippen LogP contribution in [0.5, 0.6) is 5.75 Å². The average molecular weight is 329 g/mol. The molecule has 1 aromatic carbocycles. The fourth-order valence-corrected chi connectivity index (χ4v) is 3.11. The second kappa shape index (κ2) is 7.05. The summed E-state index contributed by atoms with van der Waals surface area (Å²) in [6, 6.07) is 5.97. The van der Waals surface area contributed by atoms with Gasteiger partial charge in [0.15, 0.2) is 0 Å². The van der Waals surface area contributed by atoms with E-state index in [0.29, 0.717) is 47.3 Å². The van der Waals surface area contributed by atoms with Crippen LogP contribution in [0.25, 0.3) is 10.9 Å². The Balaban J connectivity index is 2.00. The van der Waals surface area contributed by atoms with E-state index in [2.05, 4.69) is 10.3 Å². The largest absolute Gasteiger partial charge is 0.491 e. The van der Waals surface area contributed by atoms with Crippen molar-refractivity contribution in [2.45, 2.75) is 32.7 Å². The summed E-state index contributed by atoms with van der Waals surface area (Å²) in [5.74, 6) is 0.200. The molecule has 1 atom stereocenters. The van der Waals surface area contributed by atoms with E-state index in [-0.39, 0.29) is 0 Å². The monoisotopic (exact) mass is 329 g/mol. The van der Waals surface area contributed by atoms with Gasteiger partial charge >= 0.3 is 5.97 Å². The molecule has 0 unspecified atom stereocenters. The molecule has 0 amide bonds. The first kappa shape index (κ1) is 16.5. The van der Waals surface area contributed by atoms with Crippen molar-refractivity contribution in [1.29, 1.82) is 0 Å². The third-order valence-corrected chi connectivity index (χ3v) is 4.27. The van der Waals surface area contributed by atoms with Crippen molar-refractivity contribution in [2.75, 3.05) is 25.5 Å². The molecule has 1 saturated heterocycles. The van der Waals surface area contributed by atoms with E-state index < -0.39 is 5.97 Å². The molecule has 6 heteroatoms. The number of nitrogens with zero attached hydrogens (tertiary/aromatic N) is 1. The van der Waals surface area contributed by atoms with Gasteiger partial charge in [-0.2, -0.15) is 0 Å². The minimum Gasteiger partial charge on any atom is -0.491 e. The molecule has 3 rings (SSSR count). The van der Waals surface area contributed by atoms with E-state index in [9.17, 15) is 4.79 Å². The van der Waals surface area contributed by atoms with Crippen LogP contribution in [-0.4, -0.2) is 36.8 Å². The van der Waals surface area contributed by atoms with Crippen LogP contribution in [0.3, 0.4) is 0 Å². The van der Waals surface area contributed by atoms with Gasteiger partial charge in [-0.1, -0.05) is 6.07 Å². The maximum atomic E-state index is 12.2. The zero-order chi connectivity index (χ0) is 17.1. The van der Waals surface area contributed by atoms with E-state index in [1.165, 1.54) is 6.42 Å².